The molecule has 0 spiro atoms. The van der Waals surface area contributed by atoms with Crippen LogP contribution in [0.1, 0.15) is 43.1 Å². The molecule has 1 amide bonds. The molecule has 1 aliphatic rings. The summed E-state index contributed by atoms with van der Waals surface area (Å²) in [5.41, 5.74) is 5.90. The lowest BCUT2D eigenvalue weighted by atomic mass is 9.73. The Morgan fingerprint density at radius 1 is 1.71 bits per heavy atom. The SMILES string of the molecule is CC1CCCCC1(CN)NC(=O)c1ccon1. The molecular formula is C12H19N3O2. The van der Waals surface area contributed by atoms with Crippen molar-refractivity contribution in [1.29, 1.82) is 0 Å². The Labute approximate surface area is 101 Å². The topological polar surface area (TPSA) is 81.1 Å². The van der Waals surface area contributed by atoms with E-state index in [1.807, 2.05) is 0 Å². The van der Waals surface area contributed by atoms with E-state index in [9.17, 15) is 4.79 Å². The van der Waals surface area contributed by atoms with Crippen LogP contribution in [0.5, 0.6) is 0 Å². The van der Waals surface area contributed by atoms with Crippen molar-refractivity contribution in [3.05, 3.63) is 18.0 Å². The average molecular weight is 237 g/mol. The predicted octanol–water partition coefficient (Wildman–Crippen LogP) is 1.31. The van der Waals surface area contributed by atoms with Crippen molar-refractivity contribution in [3.8, 4) is 0 Å². The molecule has 1 aromatic heterocycles. The van der Waals surface area contributed by atoms with Crippen LogP contribution in [0, 0.1) is 5.92 Å². The lowest BCUT2D eigenvalue weighted by Crippen LogP contribution is -2.59. The number of aromatic nitrogens is 1. The monoisotopic (exact) mass is 237 g/mol. The van der Waals surface area contributed by atoms with E-state index in [4.69, 9.17) is 5.73 Å². The number of nitrogens with zero attached hydrogens (tertiary/aromatic N) is 1. The highest BCUT2D eigenvalue weighted by Crippen LogP contribution is 2.33. The predicted molar refractivity (Wildman–Crippen MR) is 63.4 cm³/mol. The normalized spacial score (nSPS) is 28.9. The van der Waals surface area contributed by atoms with E-state index in [1.54, 1.807) is 6.07 Å². The fraction of sp³-hybridized carbons (Fsp3) is 0.667. The van der Waals surface area contributed by atoms with Crippen molar-refractivity contribution in [3.63, 3.8) is 0 Å². The van der Waals surface area contributed by atoms with Gasteiger partial charge in [0, 0.05) is 12.6 Å². The highest BCUT2D eigenvalue weighted by molar-refractivity contribution is 5.92. The Hall–Kier alpha value is -1.36. The molecule has 1 aromatic rings. The summed E-state index contributed by atoms with van der Waals surface area (Å²) in [5, 5.41) is 6.69. The Balaban J connectivity index is 2.11. The third kappa shape index (κ3) is 2.34. The first-order valence-electron chi connectivity index (χ1n) is 6.11. The zero-order valence-corrected chi connectivity index (χ0v) is 10.1. The fourth-order valence-electron chi connectivity index (χ4n) is 2.57. The number of amides is 1. The van der Waals surface area contributed by atoms with Gasteiger partial charge in [-0.1, -0.05) is 24.9 Å². The van der Waals surface area contributed by atoms with E-state index in [2.05, 4.69) is 21.9 Å². The van der Waals surface area contributed by atoms with Crippen LogP contribution in [0.2, 0.25) is 0 Å². The third-order valence-corrected chi connectivity index (χ3v) is 3.85. The van der Waals surface area contributed by atoms with Gasteiger partial charge in [-0.15, -0.1) is 0 Å². The molecule has 0 aliphatic heterocycles. The molecule has 0 aromatic carbocycles. The van der Waals surface area contributed by atoms with Gasteiger partial charge in [-0.2, -0.15) is 0 Å². The Bertz CT molecular complexity index is 377. The Kier molecular flexibility index (Phi) is 3.47. The van der Waals surface area contributed by atoms with Crippen LogP contribution in [-0.2, 0) is 0 Å². The average Bonchev–Trinajstić information content (AvgIpc) is 2.86. The van der Waals surface area contributed by atoms with Crippen molar-refractivity contribution >= 4 is 5.91 Å². The molecular weight excluding hydrogens is 218 g/mol. The van der Waals surface area contributed by atoms with E-state index >= 15 is 0 Å². The molecule has 94 valence electrons. The van der Waals surface area contributed by atoms with Crippen molar-refractivity contribution in [1.82, 2.24) is 10.5 Å². The highest BCUT2D eigenvalue weighted by atomic mass is 16.5. The van der Waals surface area contributed by atoms with Gasteiger partial charge in [0.25, 0.3) is 5.91 Å². The van der Waals surface area contributed by atoms with Gasteiger partial charge >= 0.3 is 0 Å². The summed E-state index contributed by atoms with van der Waals surface area (Å²) in [6.45, 7) is 2.62. The summed E-state index contributed by atoms with van der Waals surface area (Å²) >= 11 is 0. The van der Waals surface area contributed by atoms with E-state index in [-0.39, 0.29) is 11.4 Å². The largest absolute Gasteiger partial charge is 0.364 e. The molecule has 1 heterocycles. The van der Waals surface area contributed by atoms with Crippen LogP contribution in [0.25, 0.3) is 0 Å². The Morgan fingerprint density at radius 2 is 2.53 bits per heavy atom. The molecule has 5 nitrogen and oxygen atoms in total. The van der Waals surface area contributed by atoms with Gasteiger partial charge in [0.1, 0.15) is 6.26 Å². The van der Waals surface area contributed by atoms with Crippen molar-refractivity contribution < 1.29 is 9.32 Å². The number of nitrogens with two attached hydrogens (primary N) is 1. The second-order valence-electron chi connectivity index (χ2n) is 4.85. The number of hydrogen-bond acceptors (Lipinski definition) is 4. The molecule has 1 aliphatic carbocycles. The smallest absolute Gasteiger partial charge is 0.273 e. The van der Waals surface area contributed by atoms with Crippen LogP contribution in [0.3, 0.4) is 0 Å². The van der Waals surface area contributed by atoms with Crippen LogP contribution < -0.4 is 11.1 Å². The maximum atomic E-state index is 12.0. The summed E-state index contributed by atoms with van der Waals surface area (Å²) in [4.78, 5) is 12.0. The van der Waals surface area contributed by atoms with Gasteiger partial charge < -0.3 is 15.6 Å². The summed E-state index contributed by atoms with van der Waals surface area (Å²) < 4.78 is 4.68. The van der Waals surface area contributed by atoms with Crippen LogP contribution >= 0.6 is 0 Å². The molecule has 5 heteroatoms. The quantitative estimate of drug-likeness (QED) is 0.830. The number of carbonyl (C=O) groups excluding carboxylic acids is 1. The molecule has 1 fully saturated rings. The lowest BCUT2D eigenvalue weighted by molar-refractivity contribution is 0.0803. The lowest BCUT2D eigenvalue weighted by Gasteiger charge is -2.42. The van der Waals surface area contributed by atoms with Crippen LogP contribution in [0.4, 0.5) is 0 Å². The van der Waals surface area contributed by atoms with E-state index < -0.39 is 0 Å². The van der Waals surface area contributed by atoms with E-state index in [0.717, 1.165) is 19.3 Å². The van der Waals surface area contributed by atoms with Gasteiger partial charge in [-0.25, -0.2) is 0 Å². The summed E-state index contributed by atoms with van der Waals surface area (Å²) in [7, 11) is 0. The highest BCUT2D eigenvalue weighted by Gasteiger charge is 2.38. The van der Waals surface area contributed by atoms with E-state index in [0.29, 0.717) is 18.2 Å². The van der Waals surface area contributed by atoms with Crippen LogP contribution in [-0.4, -0.2) is 23.1 Å². The molecule has 2 atom stereocenters. The summed E-state index contributed by atoms with van der Waals surface area (Å²) in [5.74, 6) is 0.204. The second-order valence-corrected chi connectivity index (χ2v) is 4.85. The van der Waals surface area contributed by atoms with Gasteiger partial charge in [-0.05, 0) is 18.8 Å². The fourth-order valence-corrected chi connectivity index (χ4v) is 2.57. The molecule has 0 saturated heterocycles. The molecule has 1 saturated carbocycles. The Morgan fingerprint density at radius 3 is 3.12 bits per heavy atom. The first-order chi connectivity index (χ1) is 8.18. The molecule has 2 unspecified atom stereocenters. The van der Waals surface area contributed by atoms with Crippen molar-refractivity contribution in [2.45, 2.75) is 38.1 Å². The van der Waals surface area contributed by atoms with Crippen molar-refractivity contribution in [2.75, 3.05) is 6.54 Å². The molecule has 0 radical (unpaired) electrons. The minimum atomic E-state index is -0.283. The molecule has 0 bridgehead atoms. The number of rotatable bonds is 3. The van der Waals surface area contributed by atoms with Gasteiger partial charge in [0.15, 0.2) is 5.69 Å². The number of hydrogen-bond donors (Lipinski definition) is 2. The first kappa shape index (κ1) is 12.1. The standard InChI is InChI=1S/C12H19N3O2/c1-9-4-2-3-6-12(9,8-13)14-11(16)10-5-7-17-15-10/h5,7,9H,2-4,6,8,13H2,1H3,(H,14,16). The van der Waals surface area contributed by atoms with Gasteiger partial charge in [0.05, 0.1) is 5.54 Å². The number of nitrogens with one attached hydrogen (secondary N) is 1. The summed E-state index contributed by atoms with van der Waals surface area (Å²) in [6.07, 6.45) is 5.77. The van der Waals surface area contributed by atoms with Crippen molar-refractivity contribution in [2.24, 2.45) is 11.7 Å². The minimum Gasteiger partial charge on any atom is -0.364 e. The van der Waals surface area contributed by atoms with Gasteiger partial charge in [-0.3, -0.25) is 4.79 Å². The zero-order chi connectivity index (χ0) is 12.3. The summed E-state index contributed by atoms with van der Waals surface area (Å²) in [6, 6.07) is 1.56. The second kappa shape index (κ2) is 4.87. The third-order valence-electron chi connectivity index (χ3n) is 3.85. The molecule has 2 rings (SSSR count). The maximum Gasteiger partial charge on any atom is 0.273 e. The zero-order valence-electron chi connectivity index (χ0n) is 10.1. The molecule has 17 heavy (non-hydrogen) atoms. The molecule has 3 N–H and O–H groups in total. The van der Waals surface area contributed by atoms with Crippen LogP contribution in [0.15, 0.2) is 16.9 Å². The number of carbonyl (C=O) groups is 1. The first-order valence-corrected chi connectivity index (χ1v) is 6.11. The maximum absolute atomic E-state index is 12.0. The van der Waals surface area contributed by atoms with Gasteiger partial charge in [0.2, 0.25) is 0 Å². The minimum absolute atomic E-state index is 0.196. The van der Waals surface area contributed by atoms with E-state index in [1.165, 1.54) is 12.7 Å².